The summed E-state index contributed by atoms with van der Waals surface area (Å²) >= 11 is 0. The average molecular weight is 735 g/mol. The van der Waals surface area contributed by atoms with Crippen molar-refractivity contribution in [1.29, 1.82) is 0 Å². The molecule has 1 N–H and O–H groups in total. The molecule has 5 heteroatoms. The molecule has 0 amide bonds. The molecule has 0 aliphatic rings. The SMILES string of the molecule is CCCCCC/C=C\CCCCCCCC(=O)OC(CO)COC(=O)CCCCCCCCCCCCCCCCCCCCCCCCCCC. The number of carbonyl (C=O) groups excluding carboxylic acids is 2. The molecule has 0 aromatic heterocycles. The zero-order valence-electron chi connectivity index (χ0n) is 35.1. The molecule has 0 aromatic carbocycles. The van der Waals surface area contributed by atoms with Crippen molar-refractivity contribution in [2.75, 3.05) is 13.2 Å². The summed E-state index contributed by atoms with van der Waals surface area (Å²) in [6.45, 7) is 4.15. The highest BCUT2D eigenvalue weighted by molar-refractivity contribution is 5.70. The second kappa shape index (κ2) is 44.0. The summed E-state index contributed by atoms with van der Waals surface area (Å²) in [6.07, 6.45) is 51.6. The quantitative estimate of drug-likeness (QED) is 0.0383. The van der Waals surface area contributed by atoms with Crippen molar-refractivity contribution < 1.29 is 24.2 Å². The van der Waals surface area contributed by atoms with Crippen LogP contribution in [0.1, 0.15) is 258 Å². The molecule has 0 saturated carbocycles. The molecule has 0 saturated heterocycles. The van der Waals surface area contributed by atoms with Crippen LogP contribution in [-0.4, -0.2) is 36.4 Å². The summed E-state index contributed by atoms with van der Waals surface area (Å²) in [5.74, 6) is -0.587. The van der Waals surface area contributed by atoms with Crippen LogP contribution in [0.3, 0.4) is 0 Å². The van der Waals surface area contributed by atoms with Gasteiger partial charge in [0.15, 0.2) is 6.10 Å². The largest absolute Gasteiger partial charge is 0.462 e. The summed E-state index contributed by atoms with van der Waals surface area (Å²) in [4.78, 5) is 24.3. The fourth-order valence-electron chi connectivity index (χ4n) is 7.02. The van der Waals surface area contributed by atoms with Gasteiger partial charge in [0.05, 0.1) is 6.61 Å². The van der Waals surface area contributed by atoms with Crippen LogP contribution >= 0.6 is 0 Å². The molecule has 0 aromatic rings. The predicted octanol–water partition coefficient (Wildman–Crippen LogP) is 14.9. The highest BCUT2D eigenvalue weighted by Crippen LogP contribution is 2.16. The number of carbonyl (C=O) groups is 2. The molecule has 1 unspecified atom stereocenters. The zero-order valence-corrected chi connectivity index (χ0v) is 35.1. The normalized spacial score (nSPS) is 12.1. The Balaban J connectivity index is 3.42. The number of hydrogen-bond acceptors (Lipinski definition) is 5. The van der Waals surface area contributed by atoms with Gasteiger partial charge >= 0.3 is 11.9 Å². The molecule has 0 bridgehead atoms. The van der Waals surface area contributed by atoms with Crippen molar-refractivity contribution in [1.82, 2.24) is 0 Å². The highest BCUT2D eigenvalue weighted by atomic mass is 16.6. The maximum Gasteiger partial charge on any atom is 0.306 e. The number of aliphatic hydroxyl groups excluding tert-OH is 1. The fraction of sp³-hybridized carbons (Fsp3) is 0.915. The molecule has 0 aliphatic carbocycles. The van der Waals surface area contributed by atoms with Gasteiger partial charge in [0.25, 0.3) is 0 Å². The first-order chi connectivity index (χ1) is 25.6. The number of aliphatic hydroxyl groups is 1. The van der Waals surface area contributed by atoms with Crippen LogP contribution in [0.4, 0.5) is 0 Å². The van der Waals surface area contributed by atoms with Crippen LogP contribution in [0.2, 0.25) is 0 Å². The monoisotopic (exact) mass is 735 g/mol. The van der Waals surface area contributed by atoms with Crippen LogP contribution in [0.5, 0.6) is 0 Å². The van der Waals surface area contributed by atoms with Gasteiger partial charge in [0, 0.05) is 12.8 Å². The molecule has 0 radical (unpaired) electrons. The average Bonchev–Trinajstić information content (AvgIpc) is 3.15. The van der Waals surface area contributed by atoms with Gasteiger partial charge < -0.3 is 14.6 Å². The minimum atomic E-state index is -0.769. The second-order valence-corrected chi connectivity index (χ2v) is 15.8. The number of allylic oxidation sites excluding steroid dienone is 2. The third-order valence-electron chi connectivity index (χ3n) is 10.6. The van der Waals surface area contributed by atoms with Crippen molar-refractivity contribution in [3.8, 4) is 0 Å². The van der Waals surface area contributed by atoms with Crippen LogP contribution in [0.15, 0.2) is 12.2 Å². The third kappa shape index (κ3) is 41.4. The molecule has 0 spiro atoms. The van der Waals surface area contributed by atoms with Crippen molar-refractivity contribution in [2.24, 2.45) is 0 Å². The smallest absolute Gasteiger partial charge is 0.306 e. The van der Waals surface area contributed by atoms with Crippen molar-refractivity contribution in [2.45, 2.75) is 264 Å². The van der Waals surface area contributed by atoms with E-state index in [9.17, 15) is 14.7 Å². The minimum absolute atomic E-state index is 0.0629. The lowest BCUT2D eigenvalue weighted by Gasteiger charge is -2.15. The van der Waals surface area contributed by atoms with Crippen LogP contribution in [0.25, 0.3) is 0 Å². The Hall–Kier alpha value is -1.36. The molecular formula is C47H90O5. The lowest BCUT2D eigenvalue weighted by Crippen LogP contribution is -2.28. The first kappa shape index (κ1) is 50.6. The van der Waals surface area contributed by atoms with E-state index < -0.39 is 6.10 Å². The third-order valence-corrected chi connectivity index (χ3v) is 10.6. The predicted molar refractivity (Wildman–Crippen MR) is 224 cm³/mol. The molecule has 5 nitrogen and oxygen atoms in total. The topological polar surface area (TPSA) is 72.8 Å². The number of hydrogen-bond donors (Lipinski definition) is 1. The molecule has 0 fully saturated rings. The highest BCUT2D eigenvalue weighted by Gasteiger charge is 2.16. The fourth-order valence-corrected chi connectivity index (χ4v) is 7.02. The Kier molecular flexibility index (Phi) is 42.9. The molecule has 52 heavy (non-hydrogen) atoms. The van der Waals surface area contributed by atoms with E-state index in [-0.39, 0.29) is 25.2 Å². The molecule has 308 valence electrons. The van der Waals surface area contributed by atoms with Gasteiger partial charge in [-0.05, 0) is 38.5 Å². The van der Waals surface area contributed by atoms with E-state index in [4.69, 9.17) is 9.47 Å². The summed E-state index contributed by atoms with van der Waals surface area (Å²) < 4.78 is 10.6. The lowest BCUT2D eigenvalue weighted by atomic mass is 10.0. The molecule has 1 atom stereocenters. The lowest BCUT2D eigenvalue weighted by molar-refractivity contribution is -0.161. The first-order valence-electron chi connectivity index (χ1n) is 23.2. The van der Waals surface area contributed by atoms with E-state index in [1.165, 1.54) is 193 Å². The van der Waals surface area contributed by atoms with E-state index in [1.807, 2.05) is 0 Å². The second-order valence-electron chi connectivity index (χ2n) is 15.8. The standard InChI is InChI=1S/C47H90O5/c1-3-5-7-9-11-13-15-17-18-19-20-21-22-23-24-25-26-27-28-30-31-33-35-37-39-41-46(49)51-44-45(43-48)52-47(50)42-40-38-36-34-32-29-16-14-12-10-8-6-4-2/h14,16,45,48H,3-13,15,17-44H2,1-2H3/b16-14-. The molecule has 0 rings (SSSR count). The summed E-state index contributed by atoms with van der Waals surface area (Å²) in [6, 6.07) is 0. The van der Waals surface area contributed by atoms with E-state index in [1.54, 1.807) is 0 Å². The molecule has 0 heterocycles. The van der Waals surface area contributed by atoms with Gasteiger partial charge in [-0.2, -0.15) is 0 Å². The minimum Gasteiger partial charge on any atom is -0.462 e. The Bertz CT molecular complexity index is 750. The summed E-state index contributed by atoms with van der Waals surface area (Å²) in [7, 11) is 0. The van der Waals surface area contributed by atoms with Gasteiger partial charge in [-0.15, -0.1) is 0 Å². The maximum absolute atomic E-state index is 12.2. The van der Waals surface area contributed by atoms with E-state index >= 15 is 0 Å². The van der Waals surface area contributed by atoms with Crippen molar-refractivity contribution in [3.63, 3.8) is 0 Å². The van der Waals surface area contributed by atoms with E-state index in [0.717, 1.165) is 38.5 Å². The van der Waals surface area contributed by atoms with Gasteiger partial charge in [0.2, 0.25) is 0 Å². The van der Waals surface area contributed by atoms with Crippen LogP contribution < -0.4 is 0 Å². The zero-order chi connectivity index (χ0) is 37.8. The summed E-state index contributed by atoms with van der Waals surface area (Å²) in [5, 5.41) is 9.57. The van der Waals surface area contributed by atoms with Crippen LogP contribution in [-0.2, 0) is 19.1 Å². The Labute approximate surface area is 324 Å². The van der Waals surface area contributed by atoms with Crippen LogP contribution in [0, 0.1) is 0 Å². The Morgan fingerprint density at radius 2 is 0.712 bits per heavy atom. The van der Waals surface area contributed by atoms with Gasteiger partial charge in [-0.25, -0.2) is 0 Å². The van der Waals surface area contributed by atoms with E-state index in [2.05, 4.69) is 26.0 Å². The molecular weight excluding hydrogens is 645 g/mol. The molecule has 0 aliphatic heterocycles. The number of ether oxygens (including phenoxy) is 2. The first-order valence-corrected chi connectivity index (χ1v) is 23.2. The van der Waals surface area contributed by atoms with Gasteiger partial charge in [-0.1, -0.05) is 219 Å². The number of esters is 2. The van der Waals surface area contributed by atoms with E-state index in [0.29, 0.717) is 12.8 Å². The van der Waals surface area contributed by atoms with Gasteiger partial charge in [0.1, 0.15) is 6.61 Å². The summed E-state index contributed by atoms with van der Waals surface area (Å²) in [5.41, 5.74) is 0. The van der Waals surface area contributed by atoms with Crippen molar-refractivity contribution >= 4 is 11.9 Å². The van der Waals surface area contributed by atoms with Crippen molar-refractivity contribution in [3.05, 3.63) is 12.2 Å². The maximum atomic E-state index is 12.2. The Morgan fingerprint density at radius 1 is 0.423 bits per heavy atom. The Morgan fingerprint density at radius 3 is 1.06 bits per heavy atom. The van der Waals surface area contributed by atoms with Gasteiger partial charge in [-0.3, -0.25) is 9.59 Å². The number of rotatable bonds is 43. The number of unbranched alkanes of at least 4 members (excludes halogenated alkanes) is 33.